The van der Waals surface area contributed by atoms with Gasteiger partial charge in [0, 0.05) is 25.3 Å². The molecule has 1 aromatic rings. The second-order valence-corrected chi connectivity index (χ2v) is 6.74. The number of amides is 1. The van der Waals surface area contributed by atoms with Gasteiger partial charge in [0.05, 0.1) is 0 Å². The standard InChI is InChI=1S/C17H25NO2/c1-17(2,3)15-9-5-4-8-14(15)16(20)18-10-6-7-13(11-18)12-19/h4-5,8-9,13,19H,6-7,10-12H2,1-3H3. The number of nitrogens with zero attached hydrogens (tertiary/aromatic N) is 1. The van der Waals surface area contributed by atoms with Crippen molar-refractivity contribution in [2.75, 3.05) is 19.7 Å². The topological polar surface area (TPSA) is 40.5 Å². The van der Waals surface area contributed by atoms with Crippen molar-refractivity contribution in [1.29, 1.82) is 0 Å². The maximum absolute atomic E-state index is 12.8. The van der Waals surface area contributed by atoms with Gasteiger partial charge in [-0.25, -0.2) is 0 Å². The minimum absolute atomic E-state index is 0.0432. The highest BCUT2D eigenvalue weighted by molar-refractivity contribution is 5.96. The summed E-state index contributed by atoms with van der Waals surface area (Å²) in [4.78, 5) is 14.7. The summed E-state index contributed by atoms with van der Waals surface area (Å²) in [6.07, 6.45) is 2.00. The molecule has 0 aliphatic carbocycles. The number of hydrogen-bond donors (Lipinski definition) is 1. The number of hydrogen-bond acceptors (Lipinski definition) is 2. The lowest BCUT2D eigenvalue weighted by atomic mass is 9.83. The van der Waals surface area contributed by atoms with Crippen LogP contribution in [0.15, 0.2) is 24.3 Å². The molecule has 1 aliphatic heterocycles. The lowest BCUT2D eigenvalue weighted by Crippen LogP contribution is -2.41. The van der Waals surface area contributed by atoms with Crippen LogP contribution >= 0.6 is 0 Å². The zero-order valence-electron chi connectivity index (χ0n) is 12.7. The Morgan fingerprint density at radius 2 is 2.05 bits per heavy atom. The number of likely N-dealkylation sites (tertiary alicyclic amines) is 1. The van der Waals surface area contributed by atoms with Crippen LogP contribution in [0.5, 0.6) is 0 Å². The monoisotopic (exact) mass is 275 g/mol. The van der Waals surface area contributed by atoms with E-state index in [-0.39, 0.29) is 23.8 Å². The minimum atomic E-state index is -0.0432. The highest BCUT2D eigenvalue weighted by Crippen LogP contribution is 2.27. The van der Waals surface area contributed by atoms with Crippen molar-refractivity contribution in [3.05, 3.63) is 35.4 Å². The third-order valence-corrected chi connectivity index (χ3v) is 4.03. The quantitative estimate of drug-likeness (QED) is 0.901. The molecule has 1 N–H and O–H groups in total. The van der Waals surface area contributed by atoms with E-state index in [1.807, 2.05) is 29.2 Å². The smallest absolute Gasteiger partial charge is 0.254 e. The van der Waals surface area contributed by atoms with Gasteiger partial charge in [-0.15, -0.1) is 0 Å². The Kier molecular flexibility index (Phi) is 4.48. The van der Waals surface area contributed by atoms with Crippen LogP contribution in [0.25, 0.3) is 0 Å². The van der Waals surface area contributed by atoms with Crippen molar-refractivity contribution in [1.82, 2.24) is 4.90 Å². The van der Waals surface area contributed by atoms with Crippen molar-refractivity contribution in [3.63, 3.8) is 0 Å². The van der Waals surface area contributed by atoms with Crippen LogP contribution in [0.1, 0.15) is 49.5 Å². The number of carbonyl (C=O) groups is 1. The van der Waals surface area contributed by atoms with Crippen LogP contribution in [0.4, 0.5) is 0 Å². The van der Waals surface area contributed by atoms with Gasteiger partial charge in [-0.3, -0.25) is 4.79 Å². The zero-order valence-corrected chi connectivity index (χ0v) is 12.7. The van der Waals surface area contributed by atoms with E-state index in [0.29, 0.717) is 6.54 Å². The predicted octanol–water partition coefficient (Wildman–Crippen LogP) is 2.83. The van der Waals surface area contributed by atoms with Gasteiger partial charge < -0.3 is 10.0 Å². The second kappa shape index (κ2) is 5.96. The molecular formula is C17H25NO2. The summed E-state index contributed by atoms with van der Waals surface area (Å²) in [5.41, 5.74) is 1.85. The van der Waals surface area contributed by atoms with Crippen molar-refractivity contribution >= 4 is 5.91 Å². The van der Waals surface area contributed by atoms with E-state index in [1.54, 1.807) is 0 Å². The van der Waals surface area contributed by atoms with Crippen LogP contribution in [0.2, 0.25) is 0 Å². The fraction of sp³-hybridized carbons (Fsp3) is 0.588. The third kappa shape index (κ3) is 3.21. The first kappa shape index (κ1) is 15.0. The lowest BCUT2D eigenvalue weighted by molar-refractivity contribution is 0.0618. The lowest BCUT2D eigenvalue weighted by Gasteiger charge is -2.33. The molecule has 0 aromatic heterocycles. The fourth-order valence-electron chi connectivity index (χ4n) is 2.89. The summed E-state index contributed by atoms with van der Waals surface area (Å²) >= 11 is 0. The SMILES string of the molecule is CC(C)(C)c1ccccc1C(=O)N1CCCC(CO)C1. The number of piperidine rings is 1. The Morgan fingerprint density at radius 3 is 2.70 bits per heavy atom. The Balaban J connectivity index is 2.25. The maximum atomic E-state index is 12.8. The average molecular weight is 275 g/mol. The van der Waals surface area contributed by atoms with E-state index in [0.717, 1.165) is 30.5 Å². The van der Waals surface area contributed by atoms with Crippen LogP contribution in [0.3, 0.4) is 0 Å². The van der Waals surface area contributed by atoms with Gasteiger partial charge in [0.15, 0.2) is 0 Å². The summed E-state index contributed by atoms with van der Waals surface area (Å²) in [7, 11) is 0. The van der Waals surface area contributed by atoms with Crippen LogP contribution in [-0.4, -0.2) is 35.6 Å². The van der Waals surface area contributed by atoms with Crippen LogP contribution in [0, 0.1) is 5.92 Å². The van der Waals surface area contributed by atoms with Gasteiger partial charge in [0.1, 0.15) is 0 Å². The number of carbonyl (C=O) groups excluding carboxylic acids is 1. The molecular weight excluding hydrogens is 250 g/mol. The van der Waals surface area contributed by atoms with E-state index in [4.69, 9.17) is 0 Å². The molecule has 3 nitrogen and oxygen atoms in total. The molecule has 0 saturated carbocycles. The first-order valence-corrected chi connectivity index (χ1v) is 7.43. The number of aliphatic hydroxyl groups is 1. The molecule has 0 bridgehead atoms. The van der Waals surface area contributed by atoms with Gasteiger partial charge in [0.25, 0.3) is 5.91 Å². The van der Waals surface area contributed by atoms with Crippen LogP contribution in [-0.2, 0) is 5.41 Å². The number of benzene rings is 1. The fourth-order valence-corrected chi connectivity index (χ4v) is 2.89. The molecule has 1 heterocycles. The average Bonchev–Trinajstić information content (AvgIpc) is 2.45. The second-order valence-electron chi connectivity index (χ2n) is 6.74. The summed E-state index contributed by atoms with van der Waals surface area (Å²) < 4.78 is 0. The molecule has 20 heavy (non-hydrogen) atoms. The first-order valence-electron chi connectivity index (χ1n) is 7.43. The van der Waals surface area contributed by atoms with E-state index < -0.39 is 0 Å². The molecule has 1 saturated heterocycles. The van der Waals surface area contributed by atoms with Gasteiger partial charge in [0.2, 0.25) is 0 Å². The van der Waals surface area contributed by atoms with Crippen molar-refractivity contribution in [3.8, 4) is 0 Å². The molecule has 1 aliphatic rings. The highest BCUT2D eigenvalue weighted by Gasteiger charge is 2.27. The molecule has 110 valence electrons. The third-order valence-electron chi connectivity index (χ3n) is 4.03. The Hall–Kier alpha value is -1.35. The predicted molar refractivity (Wildman–Crippen MR) is 80.9 cm³/mol. The maximum Gasteiger partial charge on any atom is 0.254 e. The van der Waals surface area contributed by atoms with Gasteiger partial charge in [-0.2, -0.15) is 0 Å². The summed E-state index contributed by atoms with van der Waals surface area (Å²) in [6, 6.07) is 7.88. The molecule has 1 amide bonds. The normalized spacial score (nSPS) is 20.0. The number of aliphatic hydroxyl groups excluding tert-OH is 1. The zero-order chi connectivity index (χ0) is 14.8. The van der Waals surface area contributed by atoms with E-state index >= 15 is 0 Å². The van der Waals surface area contributed by atoms with Crippen LogP contribution < -0.4 is 0 Å². The van der Waals surface area contributed by atoms with Crippen molar-refractivity contribution < 1.29 is 9.90 Å². The molecule has 1 aromatic carbocycles. The minimum Gasteiger partial charge on any atom is -0.396 e. The van der Waals surface area contributed by atoms with Gasteiger partial charge >= 0.3 is 0 Å². The molecule has 3 heteroatoms. The summed E-state index contributed by atoms with van der Waals surface area (Å²) in [6.45, 7) is 8.04. The summed E-state index contributed by atoms with van der Waals surface area (Å²) in [5.74, 6) is 0.336. The Bertz CT molecular complexity index is 476. The largest absolute Gasteiger partial charge is 0.396 e. The molecule has 1 atom stereocenters. The molecule has 2 rings (SSSR count). The molecule has 1 fully saturated rings. The Labute approximate surface area is 121 Å². The summed E-state index contributed by atoms with van der Waals surface area (Å²) in [5, 5.41) is 9.31. The van der Waals surface area contributed by atoms with Crippen molar-refractivity contribution in [2.45, 2.75) is 39.0 Å². The molecule has 1 unspecified atom stereocenters. The number of rotatable bonds is 2. The van der Waals surface area contributed by atoms with E-state index in [9.17, 15) is 9.90 Å². The van der Waals surface area contributed by atoms with E-state index in [1.165, 1.54) is 0 Å². The van der Waals surface area contributed by atoms with Gasteiger partial charge in [-0.1, -0.05) is 39.0 Å². The highest BCUT2D eigenvalue weighted by atomic mass is 16.3. The van der Waals surface area contributed by atoms with Gasteiger partial charge in [-0.05, 0) is 35.8 Å². The van der Waals surface area contributed by atoms with E-state index in [2.05, 4.69) is 20.8 Å². The Morgan fingerprint density at radius 1 is 1.35 bits per heavy atom. The van der Waals surface area contributed by atoms with Crippen molar-refractivity contribution in [2.24, 2.45) is 5.92 Å². The molecule has 0 radical (unpaired) electrons. The molecule has 0 spiro atoms. The first-order chi connectivity index (χ1) is 9.43.